The maximum absolute atomic E-state index is 5.73. The molecule has 1 spiro atoms. The molecule has 1 aliphatic heterocycles. The summed E-state index contributed by atoms with van der Waals surface area (Å²) in [4.78, 5) is 0. The van der Waals surface area contributed by atoms with Gasteiger partial charge >= 0.3 is 0 Å². The second-order valence-electron chi connectivity index (χ2n) is 5.28. The number of H-pyrrole nitrogens is 1. The molecule has 1 aromatic rings. The number of nitrogens with one attached hydrogen (secondary N) is 2. The highest BCUT2D eigenvalue weighted by Gasteiger charge is 2.40. The maximum Gasteiger partial charge on any atom is 0.168 e. The van der Waals surface area contributed by atoms with Crippen molar-refractivity contribution in [1.29, 1.82) is 0 Å². The lowest BCUT2D eigenvalue weighted by molar-refractivity contribution is -0.179. The third kappa shape index (κ3) is 2.43. The van der Waals surface area contributed by atoms with Crippen LogP contribution in [0.2, 0.25) is 0 Å². The first kappa shape index (κ1) is 12.1. The van der Waals surface area contributed by atoms with E-state index in [1.165, 1.54) is 5.56 Å². The van der Waals surface area contributed by atoms with Crippen LogP contribution in [0.4, 0.5) is 0 Å². The van der Waals surface area contributed by atoms with Crippen molar-refractivity contribution in [2.24, 2.45) is 0 Å². The third-order valence-electron chi connectivity index (χ3n) is 4.08. The Morgan fingerprint density at radius 2 is 2.11 bits per heavy atom. The molecular formula is C13H21N3O2. The lowest BCUT2D eigenvalue weighted by Gasteiger charge is -2.35. The van der Waals surface area contributed by atoms with Crippen molar-refractivity contribution in [2.75, 3.05) is 13.2 Å². The SMILES string of the molecule is Cc1[nH]ncc1CNC1CCC2(CC1)OCCO2. The van der Waals surface area contributed by atoms with Gasteiger partial charge in [-0.2, -0.15) is 5.10 Å². The van der Waals surface area contributed by atoms with Crippen LogP contribution in [-0.4, -0.2) is 35.2 Å². The molecule has 2 fully saturated rings. The van der Waals surface area contributed by atoms with E-state index >= 15 is 0 Å². The molecule has 1 saturated carbocycles. The Balaban J connectivity index is 1.47. The Kier molecular flexibility index (Phi) is 3.37. The van der Waals surface area contributed by atoms with E-state index in [-0.39, 0.29) is 5.79 Å². The monoisotopic (exact) mass is 251 g/mol. The van der Waals surface area contributed by atoms with Crippen LogP contribution in [0.25, 0.3) is 0 Å². The van der Waals surface area contributed by atoms with Crippen LogP contribution in [0.15, 0.2) is 6.20 Å². The number of aryl methyl sites for hydroxylation is 1. The number of hydrogen-bond acceptors (Lipinski definition) is 4. The van der Waals surface area contributed by atoms with E-state index in [4.69, 9.17) is 9.47 Å². The Bertz CT molecular complexity index is 389. The minimum atomic E-state index is -0.246. The van der Waals surface area contributed by atoms with Crippen molar-refractivity contribution in [1.82, 2.24) is 15.5 Å². The van der Waals surface area contributed by atoms with E-state index in [1.807, 2.05) is 6.20 Å². The standard InChI is InChI=1S/C13H21N3O2/c1-10-11(9-15-16-10)8-14-12-2-4-13(5-3-12)17-6-7-18-13/h9,12,14H,2-8H2,1H3,(H,15,16). The summed E-state index contributed by atoms with van der Waals surface area (Å²) in [7, 11) is 0. The zero-order chi connectivity index (χ0) is 12.4. The number of ether oxygens (including phenoxy) is 2. The van der Waals surface area contributed by atoms with E-state index < -0.39 is 0 Å². The fourth-order valence-corrected chi connectivity index (χ4v) is 2.86. The first-order chi connectivity index (χ1) is 8.77. The minimum absolute atomic E-state index is 0.246. The molecule has 2 aliphatic rings. The predicted molar refractivity (Wildman–Crippen MR) is 67.1 cm³/mol. The van der Waals surface area contributed by atoms with Gasteiger partial charge in [0.1, 0.15) is 0 Å². The summed E-state index contributed by atoms with van der Waals surface area (Å²) in [5, 5.41) is 10.6. The van der Waals surface area contributed by atoms with Crippen LogP contribution in [0.5, 0.6) is 0 Å². The van der Waals surface area contributed by atoms with Gasteiger partial charge in [0.05, 0.1) is 19.4 Å². The molecule has 0 bridgehead atoms. The summed E-state index contributed by atoms with van der Waals surface area (Å²) in [6.07, 6.45) is 6.16. The fraction of sp³-hybridized carbons (Fsp3) is 0.769. The summed E-state index contributed by atoms with van der Waals surface area (Å²) >= 11 is 0. The molecule has 0 unspecified atom stereocenters. The lowest BCUT2D eigenvalue weighted by Crippen LogP contribution is -2.41. The topological polar surface area (TPSA) is 59.2 Å². The molecule has 1 aliphatic carbocycles. The van der Waals surface area contributed by atoms with Crippen LogP contribution in [0.1, 0.15) is 36.9 Å². The fourth-order valence-electron chi connectivity index (χ4n) is 2.86. The largest absolute Gasteiger partial charge is 0.348 e. The second kappa shape index (κ2) is 4.99. The molecule has 0 radical (unpaired) electrons. The van der Waals surface area contributed by atoms with Gasteiger partial charge in [-0.25, -0.2) is 0 Å². The number of aromatic amines is 1. The van der Waals surface area contributed by atoms with E-state index in [0.29, 0.717) is 6.04 Å². The van der Waals surface area contributed by atoms with Crippen LogP contribution in [0.3, 0.4) is 0 Å². The Morgan fingerprint density at radius 3 is 2.72 bits per heavy atom. The molecule has 0 amide bonds. The third-order valence-corrected chi connectivity index (χ3v) is 4.08. The number of hydrogen-bond donors (Lipinski definition) is 2. The molecular weight excluding hydrogens is 230 g/mol. The van der Waals surface area contributed by atoms with Crippen LogP contribution in [-0.2, 0) is 16.0 Å². The van der Waals surface area contributed by atoms with Crippen LogP contribution in [0, 0.1) is 6.92 Å². The number of rotatable bonds is 3. The molecule has 2 heterocycles. The second-order valence-corrected chi connectivity index (χ2v) is 5.28. The average Bonchev–Trinajstić information content (AvgIpc) is 2.99. The lowest BCUT2D eigenvalue weighted by atomic mass is 9.90. The van der Waals surface area contributed by atoms with E-state index in [0.717, 1.165) is 51.1 Å². The molecule has 0 atom stereocenters. The quantitative estimate of drug-likeness (QED) is 0.854. The molecule has 100 valence electrons. The van der Waals surface area contributed by atoms with Gasteiger partial charge < -0.3 is 14.8 Å². The van der Waals surface area contributed by atoms with Crippen LogP contribution < -0.4 is 5.32 Å². The number of nitrogens with zero attached hydrogens (tertiary/aromatic N) is 1. The highest BCUT2D eigenvalue weighted by molar-refractivity contribution is 5.13. The Morgan fingerprint density at radius 1 is 1.39 bits per heavy atom. The molecule has 5 nitrogen and oxygen atoms in total. The Hall–Kier alpha value is -0.910. The van der Waals surface area contributed by atoms with E-state index in [1.54, 1.807) is 0 Å². The van der Waals surface area contributed by atoms with Gasteiger partial charge in [-0.3, -0.25) is 5.10 Å². The summed E-state index contributed by atoms with van der Waals surface area (Å²) in [5.41, 5.74) is 2.40. The van der Waals surface area contributed by atoms with Crippen molar-refractivity contribution in [3.63, 3.8) is 0 Å². The molecule has 1 aromatic heterocycles. The number of aromatic nitrogens is 2. The van der Waals surface area contributed by atoms with Gasteiger partial charge in [0, 0.05) is 36.7 Å². The smallest absolute Gasteiger partial charge is 0.168 e. The zero-order valence-electron chi connectivity index (χ0n) is 10.9. The molecule has 0 aromatic carbocycles. The predicted octanol–water partition coefficient (Wildman–Crippen LogP) is 1.49. The minimum Gasteiger partial charge on any atom is -0.348 e. The van der Waals surface area contributed by atoms with Crippen molar-refractivity contribution < 1.29 is 9.47 Å². The molecule has 5 heteroatoms. The van der Waals surface area contributed by atoms with Gasteiger partial charge in [0.15, 0.2) is 5.79 Å². The summed E-state index contributed by atoms with van der Waals surface area (Å²) < 4.78 is 11.5. The summed E-state index contributed by atoms with van der Waals surface area (Å²) in [6, 6.07) is 0.567. The van der Waals surface area contributed by atoms with Crippen molar-refractivity contribution in [2.45, 2.75) is 51.0 Å². The van der Waals surface area contributed by atoms with E-state index in [2.05, 4.69) is 22.4 Å². The first-order valence-corrected chi connectivity index (χ1v) is 6.78. The van der Waals surface area contributed by atoms with Gasteiger partial charge in [0.2, 0.25) is 0 Å². The van der Waals surface area contributed by atoms with Crippen molar-refractivity contribution >= 4 is 0 Å². The van der Waals surface area contributed by atoms with Gasteiger partial charge in [-0.1, -0.05) is 0 Å². The average molecular weight is 251 g/mol. The summed E-state index contributed by atoms with van der Waals surface area (Å²) in [5.74, 6) is -0.246. The molecule has 1 saturated heterocycles. The highest BCUT2D eigenvalue weighted by Crippen LogP contribution is 2.35. The normalized spacial score (nSPS) is 23.8. The molecule has 18 heavy (non-hydrogen) atoms. The molecule has 2 N–H and O–H groups in total. The van der Waals surface area contributed by atoms with Crippen molar-refractivity contribution in [3.8, 4) is 0 Å². The van der Waals surface area contributed by atoms with Gasteiger partial charge in [0.25, 0.3) is 0 Å². The molecule has 3 rings (SSSR count). The van der Waals surface area contributed by atoms with Gasteiger partial charge in [-0.05, 0) is 19.8 Å². The summed E-state index contributed by atoms with van der Waals surface area (Å²) in [6.45, 7) is 4.46. The maximum atomic E-state index is 5.73. The van der Waals surface area contributed by atoms with Crippen LogP contribution >= 0.6 is 0 Å². The Labute approximate surface area is 107 Å². The zero-order valence-corrected chi connectivity index (χ0v) is 10.9. The first-order valence-electron chi connectivity index (χ1n) is 6.78. The van der Waals surface area contributed by atoms with E-state index in [9.17, 15) is 0 Å². The van der Waals surface area contributed by atoms with Crippen molar-refractivity contribution in [3.05, 3.63) is 17.5 Å². The highest BCUT2D eigenvalue weighted by atomic mass is 16.7. The van der Waals surface area contributed by atoms with Gasteiger partial charge in [-0.15, -0.1) is 0 Å².